The molecule has 182 valence electrons. The van der Waals surface area contributed by atoms with Crippen LogP contribution in [-0.4, -0.2) is 54.0 Å². The van der Waals surface area contributed by atoms with Crippen molar-refractivity contribution in [1.82, 2.24) is 9.88 Å². The first-order valence-electron chi connectivity index (χ1n) is 11.7. The second-order valence-corrected chi connectivity index (χ2v) is 9.85. The molecule has 0 bridgehead atoms. The maximum absolute atomic E-state index is 13.2. The standard InChI is InChI=1S/C24H34F3N5O/c1-13(2)31-21(11-20(28)14-8-19(24(25,26)27)23(29)30-12-14)22-17-9-15(10-18(17)22)32-6-4-16(33-3)5-7-32/h8,11-13,15-18,22H,4-7,9-10,28H2,1-3H3,(H2,29,30)/t15?,17-,18+,22?. The molecular formula is C24H34F3N5O. The van der Waals surface area contributed by atoms with Crippen molar-refractivity contribution in [2.75, 3.05) is 25.9 Å². The van der Waals surface area contributed by atoms with Crippen molar-refractivity contribution >= 4 is 17.2 Å². The lowest BCUT2D eigenvalue weighted by atomic mass is 9.98. The van der Waals surface area contributed by atoms with Gasteiger partial charge in [0.15, 0.2) is 0 Å². The molecule has 33 heavy (non-hydrogen) atoms. The molecule has 3 aliphatic rings. The Labute approximate surface area is 193 Å². The lowest BCUT2D eigenvalue weighted by molar-refractivity contribution is -0.137. The average molecular weight is 466 g/mol. The average Bonchev–Trinajstić information content (AvgIpc) is 3.25. The van der Waals surface area contributed by atoms with Gasteiger partial charge in [0.2, 0.25) is 0 Å². The summed E-state index contributed by atoms with van der Waals surface area (Å²) in [6, 6.07) is 1.64. The third-order valence-electron chi connectivity index (χ3n) is 7.36. The topological polar surface area (TPSA) is 89.8 Å². The Morgan fingerprint density at radius 3 is 2.42 bits per heavy atom. The number of fused-ring (bicyclic) bond motifs is 1. The van der Waals surface area contributed by atoms with Crippen molar-refractivity contribution in [1.29, 1.82) is 0 Å². The van der Waals surface area contributed by atoms with E-state index in [1.807, 2.05) is 13.8 Å². The fourth-order valence-corrected chi connectivity index (χ4v) is 5.65. The number of nitrogens with two attached hydrogens (primary N) is 2. The number of aromatic nitrogens is 1. The van der Waals surface area contributed by atoms with Crippen LogP contribution in [0.3, 0.4) is 0 Å². The van der Waals surface area contributed by atoms with Gasteiger partial charge in [-0.3, -0.25) is 4.99 Å². The second kappa shape index (κ2) is 9.25. The first-order valence-corrected chi connectivity index (χ1v) is 11.7. The monoisotopic (exact) mass is 465 g/mol. The van der Waals surface area contributed by atoms with E-state index in [9.17, 15) is 13.2 Å². The smallest absolute Gasteiger partial charge is 0.398 e. The van der Waals surface area contributed by atoms with E-state index >= 15 is 0 Å². The highest BCUT2D eigenvalue weighted by atomic mass is 19.4. The number of anilines is 1. The highest BCUT2D eigenvalue weighted by Crippen LogP contribution is 2.59. The van der Waals surface area contributed by atoms with Crippen LogP contribution in [0, 0.1) is 17.8 Å². The van der Waals surface area contributed by atoms with Crippen molar-refractivity contribution in [2.45, 2.75) is 63.9 Å². The molecule has 0 radical (unpaired) electrons. The summed E-state index contributed by atoms with van der Waals surface area (Å²) in [6.45, 7) is 6.16. The fourth-order valence-electron chi connectivity index (χ4n) is 5.65. The number of ether oxygens (including phenoxy) is 1. The molecule has 0 amide bonds. The van der Waals surface area contributed by atoms with Crippen LogP contribution in [0.1, 0.15) is 50.7 Å². The quantitative estimate of drug-likeness (QED) is 0.621. The molecule has 2 aliphatic carbocycles. The van der Waals surface area contributed by atoms with Crippen LogP contribution in [0.15, 0.2) is 23.3 Å². The van der Waals surface area contributed by atoms with Gasteiger partial charge in [0, 0.05) is 61.4 Å². The zero-order chi connectivity index (χ0) is 23.9. The SMILES string of the molecule is COC1CCN(C2C[C@@H]3C(C(C=C(N)c4cnc(N)c(C(F)(F)F)c4)=NC(C)C)[C@@H]3C2)CC1. The van der Waals surface area contributed by atoms with Crippen molar-refractivity contribution in [2.24, 2.45) is 28.5 Å². The molecule has 2 heterocycles. The molecule has 6 nitrogen and oxygen atoms in total. The first kappa shape index (κ1) is 24.0. The van der Waals surface area contributed by atoms with E-state index < -0.39 is 17.6 Å². The Morgan fingerprint density at radius 2 is 1.88 bits per heavy atom. The van der Waals surface area contributed by atoms with Gasteiger partial charge in [0.25, 0.3) is 0 Å². The number of methoxy groups -OCH3 is 1. The molecule has 1 aliphatic heterocycles. The number of halogens is 3. The number of nitrogen functional groups attached to an aromatic ring is 1. The minimum Gasteiger partial charge on any atom is -0.398 e. The summed E-state index contributed by atoms with van der Waals surface area (Å²) in [5.74, 6) is 0.897. The Kier molecular flexibility index (Phi) is 6.73. The van der Waals surface area contributed by atoms with Crippen molar-refractivity contribution < 1.29 is 17.9 Å². The predicted molar refractivity (Wildman–Crippen MR) is 123 cm³/mol. The lowest BCUT2D eigenvalue weighted by Gasteiger charge is -2.36. The van der Waals surface area contributed by atoms with Gasteiger partial charge in [0.1, 0.15) is 5.82 Å². The van der Waals surface area contributed by atoms with Gasteiger partial charge in [-0.1, -0.05) is 0 Å². The van der Waals surface area contributed by atoms with E-state index in [0.717, 1.165) is 50.6 Å². The van der Waals surface area contributed by atoms with Gasteiger partial charge in [-0.15, -0.1) is 0 Å². The largest absolute Gasteiger partial charge is 0.419 e. The van der Waals surface area contributed by atoms with Gasteiger partial charge in [-0.2, -0.15) is 13.2 Å². The van der Waals surface area contributed by atoms with Crippen LogP contribution in [0.4, 0.5) is 19.0 Å². The number of pyridine rings is 1. The molecule has 1 aromatic heterocycles. The lowest BCUT2D eigenvalue weighted by Crippen LogP contribution is -2.43. The van der Waals surface area contributed by atoms with E-state index in [1.165, 1.54) is 6.20 Å². The summed E-state index contributed by atoms with van der Waals surface area (Å²) >= 11 is 0. The Bertz CT molecular complexity index is 909. The Morgan fingerprint density at radius 1 is 1.24 bits per heavy atom. The van der Waals surface area contributed by atoms with Gasteiger partial charge in [-0.05, 0) is 63.5 Å². The number of hydrogen-bond donors (Lipinski definition) is 2. The molecule has 0 aromatic carbocycles. The van der Waals surface area contributed by atoms with Crippen LogP contribution in [0.5, 0.6) is 0 Å². The molecule has 4 N–H and O–H groups in total. The Hall–Kier alpha value is -2.13. The maximum atomic E-state index is 13.2. The number of alkyl halides is 3. The summed E-state index contributed by atoms with van der Waals surface area (Å²) in [5.41, 5.74) is 12.0. The second-order valence-electron chi connectivity index (χ2n) is 9.85. The third kappa shape index (κ3) is 5.19. The molecule has 2 saturated carbocycles. The first-order chi connectivity index (χ1) is 15.6. The van der Waals surface area contributed by atoms with Crippen LogP contribution in [0.2, 0.25) is 0 Å². The van der Waals surface area contributed by atoms with E-state index in [4.69, 9.17) is 21.2 Å². The summed E-state index contributed by atoms with van der Waals surface area (Å²) in [4.78, 5) is 11.1. The van der Waals surface area contributed by atoms with Crippen molar-refractivity contribution in [3.05, 3.63) is 29.5 Å². The van der Waals surface area contributed by atoms with E-state index in [-0.39, 0.29) is 17.3 Å². The highest BCUT2D eigenvalue weighted by molar-refractivity contribution is 6.04. The molecule has 9 heteroatoms. The minimum atomic E-state index is -4.58. The fraction of sp³-hybridized carbons (Fsp3) is 0.667. The van der Waals surface area contributed by atoms with Crippen molar-refractivity contribution in [3.63, 3.8) is 0 Å². The van der Waals surface area contributed by atoms with E-state index in [1.54, 1.807) is 13.2 Å². The number of nitrogens with zero attached hydrogens (tertiary/aromatic N) is 3. The van der Waals surface area contributed by atoms with Gasteiger partial charge in [0.05, 0.1) is 11.7 Å². The molecular weight excluding hydrogens is 431 g/mol. The number of hydrogen-bond acceptors (Lipinski definition) is 6. The number of piperidine rings is 1. The van der Waals surface area contributed by atoms with E-state index in [2.05, 4.69) is 9.88 Å². The van der Waals surface area contributed by atoms with Gasteiger partial charge in [-0.25, -0.2) is 4.98 Å². The molecule has 2 unspecified atom stereocenters. The number of allylic oxidation sites excluding steroid dienone is 1. The summed E-state index contributed by atoms with van der Waals surface area (Å²) in [7, 11) is 1.79. The van der Waals surface area contributed by atoms with Crippen LogP contribution >= 0.6 is 0 Å². The zero-order valence-electron chi connectivity index (χ0n) is 19.5. The summed E-state index contributed by atoms with van der Waals surface area (Å²) in [6.07, 6.45) is 3.28. The molecule has 1 saturated heterocycles. The maximum Gasteiger partial charge on any atom is 0.419 e. The zero-order valence-corrected chi connectivity index (χ0v) is 19.5. The molecule has 4 rings (SSSR count). The Balaban J connectivity index is 1.46. The number of aliphatic imine (C=N–C) groups is 1. The number of rotatable bonds is 6. The van der Waals surface area contributed by atoms with E-state index in [0.29, 0.717) is 29.9 Å². The number of likely N-dealkylation sites (tertiary alicyclic amines) is 1. The molecule has 0 spiro atoms. The predicted octanol–water partition coefficient (Wildman–Crippen LogP) is 3.97. The molecule has 4 atom stereocenters. The van der Waals surface area contributed by atoms with Crippen molar-refractivity contribution in [3.8, 4) is 0 Å². The minimum absolute atomic E-state index is 0.0736. The normalized spacial score (nSPS) is 29.5. The van der Waals surface area contributed by atoms with Crippen LogP contribution < -0.4 is 11.5 Å². The molecule has 1 aromatic rings. The highest BCUT2D eigenvalue weighted by Gasteiger charge is 2.58. The van der Waals surface area contributed by atoms with Crippen LogP contribution in [-0.2, 0) is 10.9 Å². The summed E-state index contributed by atoms with van der Waals surface area (Å²) < 4.78 is 45.2. The third-order valence-corrected chi connectivity index (χ3v) is 7.36. The van der Waals surface area contributed by atoms with Gasteiger partial charge < -0.3 is 21.1 Å². The van der Waals surface area contributed by atoms with Gasteiger partial charge >= 0.3 is 6.18 Å². The molecule has 3 fully saturated rings. The van der Waals surface area contributed by atoms with Crippen LogP contribution in [0.25, 0.3) is 5.70 Å². The summed E-state index contributed by atoms with van der Waals surface area (Å²) in [5, 5.41) is 0.